The monoisotopic (exact) mass is 513 g/mol. The van der Waals surface area contributed by atoms with E-state index in [1.165, 1.54) is 11.1 Å². The highest BCUT2D eigenvalue weighted by Gasteiger charge is 2.39. The Bertz CT molecular complexity index is 683. The Labute approximate surface area is 192 Å². The summed E-state index contributed by atoms with van der Waals surface area (Å²) in [6.07, 6.45) is 3.22. The van der Waals surface area contributed by atoms with Gasteiger partial charge in [-0.2, -0.15) is 0 Å². The number of piperidine rings is 1. The van der Waals surface area contributed by atoms with Gasteiger partial charge in [0.2, 0.25) is 5.91 Å². The number of hydrogen-bond donors (Lipinski definition) is 3. The molecule has 1 aliphatic heterocycles. The van der Waals surface area contributed by atoms with Crippen LogP contribution in [0.15, 0.2) is 29.3 Å². The van der Waals surface area contributed by atoms with Gasteiger partial charge < -0.3 is 16.0 Å². The molecule has 1 aliphatic carbocycles. The van der Waals surface area contributed by atoms with E-state index in [4.69, 9.17) is 0 Å². The van der Waals surface area contributed by atoms with Crippen molar-refractivity contribution in [3.63, 3.8) is 0 Å². The Morgan fingerprint density at radius 1 is 1.17 bits per heavy atom. The smallest absolute Gasteiger partial charge is 0.233 e. The topological polar surface area (TPSA) is 68.8 Å². The van der Waals surface area contributed by atoms with Gasteiger partial charge in [0.1, 0.15) is 0 Å². The molecule has 6 nitrogen and oxygen atoms in total. The van der Waals surface area contributed by atoms with Gasteiger partial charge in [-0.25, -0.2) is 0 Å². The number of aliphatic imine (C=N–C) groups is 1. The molecule has 162 valence electrons. The average molecular weight is 513 g/mol. The summed E-state index contributed by atoms with van der Waals surface area (Å²) < 4.78 is 0. The van der Waals surface area contributed by atoms with Crippen LogP contribution in [0.4, 0.5) is 0 Å². The third-order valence-electron chi connectivity index (χ3n) is 5.94. The van der Waals surface area contributed by atoms with Crippen LogP contribution in [0.3, 0.4) is 0 Å². The largest absolute Gasteiger partial charge is 0.358 e. The van der Waals surface area contributed by atoms with Gasteiger partial charge in [0.25, 0.3) is 0 Å². The lowest BCUT2D eigenvalue weighted by Gasteiger charge is -2.32. The molecule has 2 fully saturated rings. The lowest BCUT2D eigenvalue weighted by molar-refractivity contribution is -0.122. The second kappa shape index (κ2) is 11.2. The minimum absolute atomic E-state index is 0. The van der Waals surface area contributed by atoms with Gasteiger partial charge in [0, 0.05) is 45.2 Å². The number of nitrogens with zero attached hydrogens (tertiary/aromatic N) is 2. The fraction of sp³-hybridized carbons (Fsp3) is 0.636. The third kappa shape index (κ3) is 6.84. The second-order valence-electron chi connectivity index (χ2n) is 8.35. The molecule has 0 radical (unpaired) electrons. The number of amides is 1. The summed E-state index contributed by atoms with van der Waals surface area (Å²) in [5, 5.41) is 9.85. The summed E-state index contributed by atoms with van der Waals surface area (Å²) in [4.78, 5) is 18.2. The standard InChI is InChI=1S/C22H35N5O.HI/c1-15(2)16-5-7-17(8-6-16)19-13-20(19)26-22(24-4)25-18-9-11-27(12-10-18)14-21(28)23-3;/h5-8,15,18-20H,9-14H2,1-4H3,(H,23,28)(H2,24,25,26);1H. The van der Waals surface area contributed by atoms with Crippen LogP contribution >= 0.6 is 24.0 Å². The van der Waals surface area contributed by atoms with Crippen molar-refractivity contribution in [3.8, 4) is 0 Å². The number of guanidine groups is 1. The van der Waals surface area contributed by atoms with Gasteiger partial charge >= 0.3 is 0 Å². The fourth-order valence-electron chi connectivity index (χ4n) is 3.91. The number of benzene rings is 1. The molecule has 1 amide bonds. The molecule has 3 rings (SSSR count). The summed E-state index contributed by atoms with van der Waals surface area (Å²) in [7, 11) is 3.53. The predicted molar refractivity (Wildman–Crippen MR) is 130 cm³/mol. The van der Waals surface area contributed by atoms with Crippen LogP contribution in [0.2, 0.25) is 0 Å². The van der Waals surface area contributed by atoms with Crippen LogP contribution in [0.1, 0.15) is 56.1 Å². The number of hydrogen-bond acceptors (Lipinski definition) is 3. The van der Waals surface area contributed by atoms with Crippen LogP contribution in [-0.2, 0) is 4.79 Å². The van der Waals surface area contributed by atoms with E-state index in [-0.39, 0.29) is 29.9 Å². The van der Waals surface area contributed by atoms with Gasteiger partial charge in [-0.1, -0.05) is 38.1 Å². The van der Waals surface area contributed by atoms with Crippen molar-refractivity contribution in [2.45, 2.75) is 57.0 Å². The minimum atomic E-state index is 0. The van der Waals surface area contributed by atoms with Gasteiger partial charge in [0.05, 0.1) is 6.54 Å². The van der Waals surface area contributed by atoms with Crippen molar-refractivity contribution in [1.82, 2.24) is 20.9 Å². The Kier molecular flexibility index (Phi) is 9.20. The summed E-state index contributed by atoms with van der Waals surface area (Å²) in [6, 6.07) is 9.95. The molecule has 7 heteroatoms. The zero-order valence-corrected chi connectivity index (χ0v) is 20.4. The number of likely N-dealkylation sites (tertiary alicyclic amines) is 1. The first-order chi connectivity index (χ1) is 13.5. The summed E-state index contributed by atoms with van der Waals surface area (Å²) in [5.41, 5.74) is 2.81. The van der Waals surface area contributed by atoms with Crippen LogP contribution in [-0.4, -0.2) is 62.6 Å². The van der Waals surface area contributed by atoms with Crippen molar-refractivity contribution in [3.05, 3.63) is 35.4 Å². The van der Waals surface area contributed by atoms with Crippen LogP contribution in [0.5, 0.6) is 0 Å². The molecule has 0 aromatic heterocycles. The minimum Gasteiger partial charge on any atom is -0.358 e. The number of nitrogens with one attached hydrogen (secondary N) is 3. The van der Waals surface area contributed by atoms with E-state index >= 15 is 0 Å². The maximum atomic E-state index is 11.5. The molecular formula is C22H36IN5O. The molecule has 2 atom stereocenters. The Morgan fingerprint density at radius 2 is 1.83 bits per heavy atom. The van der Waals surface area contributed by atoms with E-state index in [0.29, 0.717) is 30.5 Å². The maximum absolute atomic E-state index is 11.5. The molecule has 2 aliphatic rings. The molecule has 3 N–H and O–H groups in total. The highest BCUT2D eigenvalue weighted by molar-refractivity contribution is 14.0. The first-order valence-electron chi connectivity index (χ1n) is 10.5. The number of halogens is 1. The Morgan fingerprint density at radius 3 is 2.38 bits per heavy atom. The molecule has 2 unspecified atom stereocenters. The predicted octanol–water partition coefficient (Wildman–Crippen LogP) is 2.66. The molecule has 0 spiro atoms. The van der Waals surface area contributed by atoms with Crippen LogP contribution in [0, 0.1) is 0 Å². The van der Waals surface area contributed by atoms with E-state index in [1.54, 1.807) is 7.05 Å². The molecule has 1 aromatic carbocycles. The molecular weight excluding hydrogens is 477 g/mol. The quantitative estimate of drug-likeness (QED) is 0.311. The normalized spacial score (nSPS) is 22.7. The second-order valence-corrected chi connectivity index (χ2v) is 8.35. The van der Waals surface area contributed by atoms with Crippen molar-refractivity contribution < 1.29 is 4.79 Å². The molecule has 1 saturated carbocycles. The van der Waals surface area contributed by atoms with E-state index in [1.807, 2.05) is 7.05 Å². The molecule has 1 saturated heterocycles. The van der Waals surface area contributed by atoms with E-state index in [9.17, 15) is 4.79 Å². The molecule has 1 aromatic rings. The van der Waals surface area contributed by atoms with Crippen LogP contribution in [0.25, 0.3) is 0 Å². The summed E-state index contributed by atoms with van der Waals surface area (Å²) >= 11 is 0. The van der Waals surface area contributed by atoms with Gasteiger partial charge in [0.15, 0.2) is 5.96 Å². The highest BCUT2D eigenvalue weighted by Crippen LogP contribution is 2.41. The SMILES string of the molecule is CN=C(NC1CCN(CC(=O)NC)CC1)NC1CC1c1ccc(C(C)C)cc1.I. The third-order valence-corrected chi connectivity index (χ3v) is 5.94. The summed E-state index contributed by atoms with van der Waals surface area (Å²) in [5.74, 6) is 2.14. The van der Waals surface area contributed by atoms with E-state index in [2.05, 4.69) is 64.0 Å². The van der Waals surface area contributed by atoms with Crippen molar-refractivity contribution in [2.24, 2.45) is 4.99 Å². The number of rotatable bonds is 6. The van der Waals surface area contributed by atoms with Crippen molar-refractivity contribution in [2.75, 3.05) is 33.7 Å². The molecule has 0 bridgehead atoms. The highest BCUT2D eigenvalue weighted by atomic mass is 127. The maximum Gasteiger partial charge on any atom is 0.233 e. The fourth-order valence-corrected chi connectivity index (χ4v) is 3.91. The molecule has 29 heavy (non-hydrogen) atoms. The number of carbonyl (C=O) groups excluding carboxylic acids is 1. The zero-order chi connectivity index (χ0) is 20.1. The Hall–Kier alpha value is -1.35. The van der Waals surface area contributed by atoms with Gasteiger partial charge in [-0.3, -0.25) is 14.7 Å². The first kappa shape index (κ1) is 23.9. The zero-order valence-electron chi connectivity index (χ0n) is 18.1. The van der Waals surface area contributed by atoms with E-state index in [0.717, 1.165) is 38.3 Å². The number of carbonyl (C=O) groups is 1. The molecule has 1 heterocycles. The summed E-state index contributed by atoms with van der Waals surface area (Å²) in [6.45, 7) is 6.84. The Balaban J connectivity index is 0.00000300. The van der Waals surface area contributed by atoms with Crippen molar-refractivity contribution in [1.29, 1.82) is 0 Å². The van der Waals surface area contributed by atoms with Gasteiger partial charge in [-0.05, 0) is 36.3 Å². The number of likely N-dealkylation sites (N-methyl/N-ethyl adjacent to an activating group) is 1. The average Bonchev–Trinajstić information content (AvgIpc) is 3.48. The van der Waals surface area contributed by atoms with Gasteiger partial charge in [-0.15, -0.1) is 24.0 Å². The lowest BCUT2D eigenvalue weighted by Crippen LogP contribution is -2.50. The van der Waals surface area contributed by atoms with Crippen LogP contribution < -0.4 is 16.0 Å². The lowest BCUT2D eigenvalue weighted by atomic mass is 10.0. The first-order valence-corrected chi connectivity index (χ1v) is 10.5. The van der Waals surface area contributed by atoms with Crippen molar-refractivity contribution >= 4 is 35.8 Å². The van der Waals surface area contributed by atoms with E-state index < -0.39 is 0 Å².